The zero-order chi connectivity index (χ0) is 20.3. The summed E-state index contributed by atoms with van der Waals surface area (Å²) in [7, 11) is 0. The van der Waals surface area contributed by atoms with Gasteiger partial charge in [-0.25, -0.2) is 4.98 Å². The van der Waals surface area contributed by atoms with E-state index in [1.54, 1.807) is 12.1 Å². The van der Waals surface area contributed by atoms with E-state index >= 15 is 0 Å². The molecule has 0 aliphatic rings. The van der Waals surface area contributed by atoms with Crippen molar-refractivity contribution in [1.29, 1.82) is 0 Å². The number of carbonyl (C=O) groups is 2. The molecule has 0 saturated carbocycles. The highest BCUT2D eigenvalue weighted by Crippen LogP contribution is 2.40. The number of oxazole rings is 1. The van der Waals surface area contributed by atoms with Crippen LogP contribution in [0.25, 0.3) is 11.1 Å². The number of hydrogen-bond donors (Lipinski definition) is 1. The van der Waals surface area contributed by atoms with Crippen LogP contribution < -0.4 is 5.32 Å². The van der Waals surface area contributed by atoms with Gasteiger partial charge in [-0.15, -0.1) is 0 Å². The van der Waals surface area contributed by atoms with Crippen LogP contribution in [-0.4, -0.2) is 29.2 Å². The van der Waals surface area contributed by atoms with E-state index in [0.29, 0.717) is 16.3 Å². The average Bonchev–Trinajstić information content (AvgIpc) is 3.09. The molecule has 1 aromatic heterocycles. The molecule has 0 atom stereocenters. The molecule has 0 bridgehead atoms. The molecule has 146 valence electrons. The van der Waals surface area contributed by atoms with Gasteiger partial charge in [0, 0.05) is 0 Å². The molecular formula is C17H10Cl4N2O4S. The smallest absolute Gasteiger partial charge is 0.316 e. The van der Waals surface area contributed by atoms with Crippen molar-refractivity contribution in [3.05, 3.63) is 50.4 Å². The lowest BCUT2D eigenvalue weighted by molar-refractivity contribution is -0.144. The van der Waals surface area contributed by atoms with Crippen LogP contribution in [0.5, 0.6) is 0 Å². The van der Waals surface area contributed by atoms with Gasteiger partial charge in [0.1, 0.15) is 11.3 Å². The van der Waals surface area contributed by atoms with Crippen LogP contribution in [0.2, 0.25) is 20.1 Å². The molecule has 1 heterocycles. The molecule has 0 radical (unpaired) electrons. The minimum atomic E-state index is -0.651. The highest BCUT2D eigenvalue weighted by Gasteiger charge is 2.17. The van der Waals surface area contributed by atoms with Crippen molar-refractivity contribution in [2.75, 3.05) is 17.7 Å². The maximum atomic E-state index is 12.0. The summed E-state index contributed by atoms with van der Waals surface area (Å²) >= 11 is 24.9. The Hall–Kier alpha value is -1.64. The molecule has 0 aliphatic heterocycles. The predicted molar refractivity (Wildman–Crippen MR) is 111 cm³/mol. The second kappa shape index (κ2) is 9.24. The van der Waals surface area contributed by atoms with E-state index in [9.17, 15) is 9.59 Å². The summed E-state index contributed by atoms with van der Waals surface area (Å²) in [5, 5.41) is 3.06. The first-order valence-corrected chi connectivity index (χ1v) is 10.1. The van der Waals surface area contributed by atoms with Crippen LogP contribution in [0.1, 0.15) is 0 Å². The fourth-order valence-electron chi connectivity index (χ4n) is 2.08. The van der Waals surface area contributed by atoms with Gasteiger partial charge in [0.2, 0.25) is 0 Å². The minimum absolute atomic E-state index is 0.0299. The van der Waals surface area contributed by atoms with Gasteiger partial charge in [-0.2, -0.15) is 0 Å². The number of benzene rings is 2. The SMILES string of the molecule is O=C(COC(=O)CSc1nc2ccccc2o1)Nc1c(Cl)c(Cl)cc(Cl)c1Cl. The van der Waals surface area contributed by atoms with Gasteiger partial charge >= 0.3 is 5.97 Å². The summed E-state index contributed by atoms with van der Waals surface area (Å²) in [6.45, 7) is -0.538. The predicted octanol–water partition coefficient (Wildman–Crippen LogP) is 5.72. The van der Waals surface area contributed by atoms with Crippen molar-refractivity contribution in [3.63, 3.8) is 0 Å². The molecule has 0 unspecified atom stereocenters. The first-order valence-electron chi connectivity index (χ1n) is 7.62. The van der Waals surface area contributed by atoms with E-state index in [1.807, 2.05) is 12.1 Å². The number of thioether (sulfide) groups is 1. The Morgan fingerprint density at radius 1 is 1.11 bits per heavy atom. The van der Waals surface area contributed by atoms with Gasteiger partial charge in [0.25, 0.3) is 11.1 Å². The van der Waals surface area contributed by atoms with E-state index in [0.717, 1.165) is 11.8 Å². The number of ether oxygens (including phenoxy) is 1. The van der Waals surface area contributed by atoms with Crippen LogP contribution in [-0.2, 0) is 14.3 Å². The van der Waals surface area contributed by atoms with Crippen molar-refractivity contribution in [1.82, 2.24) is 4.98 Å². The highest BCUT2D eigenvalue weighted by molar-refractivity contribution is 7.99. The van der Waals surface area contributed by atoms with Crippen LogP contribution in [0.15, 0.2) is 40.0 Å². The maximum Gasteiger partial charge on any atom is 0.316 e. The Kier molecular flexibility index (Phi) is 6.95. The molecule has 0 aliphatic carbocycles. The number of aromatic nitrogens is 1. The molecule has 1 amide bonds. The summed E-state index contributed by atoms with van der Waals surface area (Å²) in [6.07, 6.45) is 0. The Balaban J connectivity index is 1.51. The van der Waals surface area contributed by atoms with Gasteiger partial charge in [0.05, 0.1) is 25.8 Å². The molecule has 0 saturated heterocycles. The molecule has 28 heavy (non-hydrogen) atoms. The quantitative estimate of drug-likeness (QED) is 0.277. The third-order valence-electron chi connectivity index (χ3n) is 3.33. The van der Waals surface area contributed by atoms with E-state index in [2.05, 4.69) is 10.3 Å². The van der Waals surface area contributed by atoms with Gasteiger partial charge < -0.3 is 14.5 Å². The van der Waals surface area contributed by atoms with Gasteiger partial charge in [0.15, 0.2) is 12.2 Å². The lowest BCUT2D eigenvalue weighted by atomic mass is 10.3. The number of nitrogens with zero attached hydrogens (tertiary/aromatic N) is 1. The third kappa shape index (κ3) is 5.04. The zero-order valence-corrected chi connectivity index (χ0v) is 17.6. The molecule has 2 aromatic carbocycles. The van der Waals surface area contributed by atoms with E-state index in [4.69, 9.17) is 55.6 Å². The summed E-state index contributed by atoms with van der Waals surface area (Å²) in [6, 6.07) is 8.57. The lowest BCUT2D eigenvalue weighted by Crippen LogP contribution is -2.22. The number of halogens is 4. The Morgan fingerprint density at radius 3 is 2.46 bits per heavy atom. The molecule has 3 rings (SSSR count). The fraction of sp³-hybridized carbons (Fsp3) is 0.118. The maximum absolute atomic E-state index is 12.0. The summed E-state index contributed by atoms with van der Waals surface area (Å²) in [4.78, 5) is 28.1. The van der Waals surface area contributed by atoms with Crippen molar-refractivity contribution in [3.8, 4) is 0 Å². The van der Waals surface area contributed by atoms with E-state index < -0.39 is 18.5 Å². The van der Waals surface area contributed by atoms with Crippen LogP contribution >= 0.6 is 58.2 Å². The third-order valence-corrected chi connectivity index (χ3v) is 5.70. The largest absolute Gasteiger partial charge is 0.455 e. The number of nitrogens with one attached hydrogen (secondary N) is 1. The molecule has 1 N–H and O–H groups in total. The summed E-state index contributed by atoms with van der Waals surface area (Å²) in [5.74, 6) is -1.35. The number of fused-ring (bicyclic) bond motifs is 1. The molecule has 6 nitrogen and oxygen atoms in total. The molecular weight excluding hydrogens is 470 g/mol. The number of carbonyl (C=O) groups excluding carboxylic acids is 2. The number of para-hydroxylation sites is 2. The van der Waals surface area contributed by atoms with Crippen molar-refractivity contribution < 1.29 is 18.7 Å². The zero-order valence-electron chi connectivity index (χ0n) is 13.8. The van der Waals surface area contributed by atoms with Crippen LogP contribution in [0.4, 0.5) is 5.69 Å². The van der Waals surface area contributed by atoms with Gasteiger partial charge in [-0.3, -0.25) is 9.59 Å². The van der Waals surface area contributed by atoms with E-state index in [1.165, 1.54) is 6.07 Å². The monoisotopic (exact) mass is 478 g/mol. The van der Waals surface area contributed by atoms with Crippen LogP contribution in [0.3, 0.4) is 0 Å². The summed E-state index contributed by atoms with van der Waals surface area (Å²) in [5.41, 5.74) is 1.35. The first kappa shape index (κ1) is 21.1. The highest BCUT2D eigenvalue weighted by atomic mass is 35.5. The normalized spacial score (nSPS) is 10.9. The van der Waals surface area contributed by atoms with E-state index in [-0.39, 0.29) is 31.5 Å². The second-order valence-corrected chi connectivity index (χ2v) is 7.79. The Bertz CT molecular complexity index is 998. The van der Waals surface area contributed by atoms with Crippen molar-refractivity contribution >= 4 is 86.8 Å². The number of anilines is 1. The molecule has 0 spiro atoms. The first-order chi connectivity index (χ1) is 13.3. The molecule has 11 heteroatoms. The lowest BCUT2D eigenvalue weighted by Gasteiger charge is -2.12. The topological polar surface area (TPSA) is 81.4 Å². The van der Waals surface area contributed by atoms with Gasteiger partial charge in [-0.1, -0.05) is 70.3 Å². The minimum Gasteiger partial charge on any atom is -0.455 e. The van der Waals surface area contributed by atoms with Crippen molar-refractivity contribution in [2.45, 2.75) is 5.22 Å². The standard InChI is InChI=1S/C17H10Cl4N2O4S/c18-8-5-9(19)15(21)16(14(8)20)23-12(24)6-26-13(25)7-28-17-22-10-3-1-2-4-11(10)27-17/h1-5H,6-7H2,(H,23,24). The Labute approximate surface area is 183 Å². The number of hydrogen-bond acceptors (Lipinski definition) is 6. The number of rotatable bonds is 6. The van der Waals surface area contributed by atoms with Crippen LogP contribution in [0, 0.1) is 0 Å². The van der Waals surface area contributed by atoms with Crippen molar-refractivity contribution in [2.24, 2.45) is 0 Å². The fourth-order valence-corrected chi connectivity index (χ4v) is 3.62. The second-order valence-electron chi connectivity index (χ2n) is 5.29. The van der Waals surface area contributed by atoms with Gasteiger partial charge in [-0.05, 0) is 18.2 Å². The molecule has 3 aromatic rings. The summed E-state index contributed by atoms with van der Waals surface area (Å²) < 4.78 is 10.4. The number of amides is 1. The molecule has 0 fully saturated rings. The average molecular weight is 480 g/mol. The Morgan fingerprint density at radius 2 is 1.79 bits per heavy atom. The number of esters is 1.